The summed E-state index contributed by atoms with van der Waals surface area (Å²) in [5.74, 6) is -4.92. The fourth-order valence-corrected chi connectivity index (χ4v) is 7.66. The number of aromatic hydroxyl groups is 1. The van der Waals surface area contributed by atoms with Gasteiger partial charge >= 0.3 is 0 Å². The Hall–Kier alpha value is -6.74. The minimum Gasteiger partial charge on any atom is -0.508 e. The largest absolute Gasteiger partial charge is 0.508 e. The number of aliphatic hydroxyl groups excluding tert-OH is 1. The number of phenolic OH excluding ortho intramolecular Hbond substituents is 1. The molecule has 1 fully saturated rings. The average Bonchev–Trinajstić information content (AvgIpc) is 3.94. The van der Waals surface area contributed by atoms with E-state index in [9.17, 15) is 43.8 Å². The molecule has 21 nitrogen and oxygen atoms in total. The molecule has 4 rings (SSSR count). The number of aliphatic imine (C=N–C) groups is 1. The lowest BCUT2D eigenvalue weighted by atomic mass is 10.0. The number of likely N-dealkylation sites (tertiary alicyclic amines) is 1. The van der Waals surface area contributed by atoms with Crippen molar-refractivity contribution >= 4 is 58.2 Å². The first-order chi connectivity index (χ1) is 31.4. The van der Waals surface area contributed by atoms with Crippen LogP contribution >= 0.6 is 0 Å². The van der Waals surface area contributed by atoms with Gasteiger partial charge in [-0.2, -0.15) is 0 Å². The Bertz CT molecular complexity index is 2180. The molecule has 0 bridgehead atoms. The molecule has 0 spiro atoms. The number of hydrogen-bond donors (Lipinski definition) is 12. The number of nitrogens with two attached hydrogens (primary N) is 3. The monoisotopic (exact) mass is 919 g/mol. The zero-order chi connectivity index (χ0) is 48.5. The number of guanidine groups is 1. The zero-order valence-corrected chi connectivity index (χ0v) is 38.0. The molecule has 1 aromatic heterocycles. The average molecular weight is 919 g/mol. The Morgan fingerprint density at radius 1 is 0.818 bits per heavy atom. The Morgan fingerprint density at radius 3 is 2.12 bits per heavy atom. The van der Waals surface area contributed by atoms with Crippen LogP contribution in [0.4, 0.5) is 0 Å². The summed E-state index contributed by atoms with van der Waals surface area (Å²) in [6.07, 6.45) is 3.37. The van der Waals surface area contributed by atoms with Crippen LogP contribution in [0, 0.1) is 5.92 Å². The predicted octanol–water partition coefficient (Wildman–Crippen LogP) is -1.35. The van der Waals surface area contributed by atoms with E-state index in [1.54, 1.807) is 13.1 Å². The van der Waals surface area contributed by atoms with Gasteiger partial charge in [0.1, 0.15) is 42.0 Å². The normalized spacial score (nSPS) is 16.2. The second-order valence-electron chi connectivity index (χ2n) is 16.9. The SMILES string of the molecule is CCNC(=O)[C@@H]1CCCN1C(=O)[C@H](CCCN=C(N)N)NC(=O)[C@H](CC(C)C)NC(=O)[C@@H](C)NC(=O)[C@H](Cc1ccc(O)cc1)NC(=O)[C@H](CO)NC(=O)[C@@H](N)Cc1c[nH]c2ccccc12. The summed E-state index contributed by atoms with van der Waals surface area (Å²) in [7, 11) is 0. The molecule has 0 aliphatic carbocycles. The standard InChI is InChI=1S/C45H66N12O9/c1-5-49-43(65)37-13-9-19-57(37)44(66)33(12-8-18-50-45(47)48)53-41(63)34(20-25(2)3)54-38(60)26(4)52-40(62)35(21-27-14-16-29(59)17-15-27)55-42(64)36(24-58)56-39(61)31(46)22-28-23-51-32-11-7-6-10-30(28)32/h6-7,10-11,14-17,23,25-26,31,33-37,51,58-59H,5,8-9,12-13,18-22,24,46H2,1-4H3,(H,49,65)(H,52,62)(H,53,63)(H,54,60)(H,55,64)(H,56,61)(H4,47,48,50)/t26-,31+,33+,34+,35+,36+,37+/m1/s1. The molecule has 0 unspecified atom stereocenters. The van der Waals surface area contributed by atoms with Crippen LogP contribution in [0.25, 0.3) is 10.9 Å². The molecule has 2 aromatic carbocycles. The van der Waals surface area contributed by atoms with E-state index >= 15 is 0 Å². The van der Waals surface area contributed by atoms with Gasteiger partial charge in [-0.25, -0.2) is 0 Å². The van der Waals surface area contributed by atoms with Gasteiger partial charge < -0.3 is 69.2 Å². The lowest BCUT2D eigenvalue weighted by Crippen LogP contribution is -2.60. The Morgan fingerprint density at radius 2 is 1.45 bits per heavy atom. The van der Waals surface area contributed by atoms with Crippen molar-refractivity contribution in [3.8, 4) is 5.75 Å². The maximum atomic E-state index is 14.0. The number of nitrogens with one attached hydrogen (secondary N) is 7. The fraction of sp³-hybridized carbons (Fsp3) is 0.511. The molecule has 1 saturated heterocycles. The molecule has 1 aliphatic rings. The molecule has 15 N–H and O–H groups in total. The van der Waals surface area contributed by atoms with Crippen LogP contribution in [0.3, 0.4) is 0 Å². The highest BCUT2D eigenvalue weighted by atomic mass is 16.3. The second kappa shape index (κ2) is 25.1. The maximum Gasteiger partial charge on any atom is 0.245 e. The van der Waals surface area contributed by atoms with E-state index in [1.165, 1.54) is 36.1 Å². The molecular weight excluding hydrogens is 853 g/mol. The molecule has 1 aliphatic heterocycles. The van der Waals surface area contributed by atoms with Crippen LogP contribution in [0.1, 0.15) is 70.9 Å². The van der Waals surface area contributed by atoms with Crippen molar-refractivity contribution in [2.24, 2.45) is 28.1 Å². The minimum atomic E-state index is -1.51. The number of carbonyl (C=O) groups excluding carboxylic acids is 7. The number of hydrogen-bond acceptors (Lipinski definition) is 11. The highest BCUT2D eigenvalue weighted by molar-refractivity contribution is 5.97. The summed E-state index contributed by atoms with van der Waals surface area (Å²) in [6.45, 7) is 6.88. The van der Waals surface area contributed by atoms with E-state index in [-0.39, 0.29) is 55.8 Å². The van der Waals surface area contributed by atoms with E-state index in [2.05, 4.69) is 41.9 Å². The number of aromatic amines is 1. The third kappa shape index (κ3) is 15.2. The smallest absolute Gasteiger partial charge is 0.245 e. The number of carbonyl (C=O) groups is 7. The third-order valence-electron chi connectivity index (χ3n) is 11.1. The molecule has 0 radical (unpaired) electrons. The number of rotatable bonds is 24. The number of aromatic nitrogens is 1. The van der Waals surface area contributed by atoms with Crippen LogP contribution in [-0.2, 0) is 46.4 Å². The summed E-state index contributed by atoms with van der Waals surface area (Å²) in [5.41, 5.74) is 19.3. The molecule has 360 valence electrons. The molecule has 7 atom stereocenters. The van der Waals surface area contributed by atoms with Crippen LogP contribution in [0.5, 0.6) is 5.75 Å². The van der Waals surface area contributed by atoms with Gasteiger partial charge in [0.05, 0.1) is 12.6 Å². The fourth-order valence-electron chi connectivity index (χ4n) is 7.66. The summed E-state index contributed by atoms with van der Waals surface area (Å²) in [5, 5.41) is 36.8. The zero-order valence-electron chi connectivity index (χ0n) is 38.0. The van der Waals surface area contributed by atoms with Crippen molar-refractivity contribution in [3.63, 3.8) is 0 Å². The number of phenols is 1. The number of fused-ring (bicyclic) bond motifs is 1. The first-order valence-corrected chi connectivity index (χ1v) is 22.3. The van der Waals surface area contributed by atoms with E-state index in [0.717, 1.165) is 16.5 Å². The number of benzene rings is 2. The van der Waals surface area contributed by atoms with Gasteiger partial charge in [0, 0.05) is 43.2 Å². The van der Waals surface area contributed by atoms with Crippen molar-refractivity contribution in [2.75, 3.05) is 26.2 Å². The number of H-pyrrole nitrogens is 1. The van der Waals surface area contributed by atoms with Crippen molar-refractivity contribution < 1.29 is 43.8 Å². The van der Waals surface area contributed by atoms with Gasteiger partial charge in [0.25, 0.3) is 0 Å². The summed E-state index contributed by atoms with van der Waals surface area (Å²) < 4.78 is 0. The Balaban J connectivity index is 1.46. The Kier molecular flexibility index (Phi) is 19.7. The highest BCUT2D eigenvalue weighted by Gasteiger charge is 2.38. The topological polar surface area (TPSA) is 342 Å². The molecular formula is C45H66N12O9. The molecule has 3 aromatic rings. The van der Waals surface area contributed by atoms with Gasteiger partial charge in [0.15, 0.2) is 5.96 Å². The van der Waals surface area contributed by atoms with Crippen molar-refractivity contribution in [1.29, 1.82) is 0 Å². The summed E-state index contributed by atoms with van der Waals surface area (Å²) >= 11 is 0. The van der Waals surface area contributed by atoms with Gasteiger partial charge in [-0.1, -0.05) is 44.2 Å². The minimum absolute atomic E-state index is 0.0395. The van der Waals surface area contributed by atoms with E-state index in [4.69, 9.17) is 17.2 Å². The van der Waals surface area contributed by atoms with E-state index in [1.807, 2.05) is 38.1 Å². The van der Waals surface area contributed by atoms with Gasteiger partial charge in [-0.05, 0) is 87.6 Å². The Labute approximate surface area is 383 Å². The summed E-state index contributed by atoms with van der Waals surface area (Å²) in [4.78, 5) is 104. The van der Waals surface area contributed by atoms with Crippen LogP contribution in [0.2, 0.25) is 0 Å². The number of nitrogens with zero attached hydrogens (tertiary/aromatic N) is 2. The maximum absolute atomic E-state index is 14.0. The van der Waals surface area contributed by atoms with Crippen LogP contribution < -0.4 is 49.1 Å². The number of likely N-dealkylation sites (N-methyl/N-ethyl adjacent to an activating group) is 1. The molecule has 0 saturated carbocycles. The lowest BCUT2D eigenvalue weighted by molar-refractivity contribution is -0.142. The first-order valence-electron chi connectivity index (χ1n) is 22.3. The van der Waals surface area contributed by atoms with E-state index < -0.39 is 84.3 Å². The quantitative estimate of drug-likeness (QED) is 0.0282. The predicted molar refractivity (Wildman–Crippen MR) is 247 cm³/mol. The summed E-state index contributed by atoms with van der Waals surface area (Å²) in [6, 6.07) is 5.13. The number of para-hydroxylation sites is 1. The van der Waals surface area contributed by atoms with Crippen molar-refractivity contribution in [1.82, 2.24) is 41.8 Å². The highest BCUT2D eigenvalue weighted by Crippen LogP contribution is 2.21. The molecule has 2 heterocycles. The first kappa shape index (κ1) is 51.9. The molecule has 21 heteroatoms. The van der Waals surface area contributed by atoms with Gasteiger partial charge in [-0.15, -0.1) is 0 Å². The molecule has 66 heavy (non-hydrogen) atoms. The van der Waals surface area contributed by atoms with Gasteiger partial charge in [-0.3, -0.25) is 38.6 Å². The van der Waals surface area contributed by atoms with E-state index in [0.29, 0.717) is 37.9 Å². The molecule has 7 amide bonds. The van der Waals surface area contributed by atoms with Crippen LogP contribution in [0.15, 0.2) is 59.7 Å². The lowest BCUT2D eigenvalue weighted by Gasteiger charge is -2.30. The third-order valence-corrected chi connectivity index (χ3v) is 11.1. The van der Waals surface area contributed by atoms with Crippen molar-refractivity contribution in [3.05, 3.63) is 65.9 Å². The second-order valence-corrected chi connectivity index (χ2v) is 16.9. The van der Waals surface area contributed by atoms with Crippen molar-refractivity contribution in [2.45, 2.75) is 115 Å². The number of aliphatic hydroxyl groups is 1. The van der Waals surface area contributed by atoms with Gasteiger partial charge in [0.2, 0.25) is 41.4 Å². The van der Waals surface area contributed by atoms with Crippen LogP contribution in [-0.4, -0.2) is 136 Å². The number of amides is 7.